The Bertz CT molecular complexity index is 393. The van der Waals surface area contributed by atoms with E-state index >= 15 is 0 Å². The highest BCUT2D eigenvalue weighted by Gasteiger charge is 2.39. The third-order valence-electron chi connectivity index (χ3n) is 2.72. The average Bonchev–Trinajstić information content (AvgIpc) is 2.56. The Balaban J connectivity index is 2.55. The average molecular weight is 233 g/mol. The summed E-state index contributed by atoms with van der Waals surface area (Å²) in [4.78, 5) is 0. The van der Waals surface area contributed by atoms with Crippen LogP contribution in [0.25, 0.3) is 0 Å². The molecule has 1 aromatic rings. The Morgan fingerprint density at radius 1 is 1.38 bits per heavy atom. The molecule has 0 atom stereocenters. The smallest absolute Gasteiger partial charge is 0.312 e. The van der Waals surface area contributed by atoms with Crippen molar-refractivity contribution in [2.24, 2.45) is 0 Å². The first-order valence-corrected chi connectivity index (χ1v) is 5.29. The van der Waals surface area contributed by atoms with Crippen molar-refractivity contribution in [3.63, 3.8) is 0 Å². The van der Waals surface area contributed by atoms with E-state index in [2.05, 4.69) is 10.4 Å². The monoisotopic (exact) mass is 233 g/mol. The third-order valence-corrected chi connectivity index (χ3v) is 2.72. The van der Waals surface area contributed by atoms with Gasteiger partial charge in [-0.1, -0.05) is 0 Å². The van der Waals surface area contributed by atoms with Crippen LogP contribution in [0.2, 0.25) is 0 Å². The summed E-state index contributed by atoms with van der Waals surface area (Å²) < 4.78 is 39.7. The lowest BCUT2D eigenvalue weighted by Gasteiger charge is -2.17. The van der Waals surface area contributed by atoms with Crippen LogP contribution in [-0.4, -0.2) is 16.3 Å². The van der Waals surface area contributed by atoms with E-state index in [1.165, 1.54) is 4.68 Å². The maximum absolute atomic E-state index is 12.7. The molecule has 2 heterocycles. The molecule has 0 fully saturated rings. The molecular weight excluding hydrogens is 219 g/mol. The van der Waals surface area contributed by atoms with Crippen molar-refractivity contribution in [1.82, 2.24) is 15.1 Å². The van der Waals surface area contributed by atoms with Gasteiger partial charge in [0, 0.05) is 36.8 Å². The largest absolute Gasteiger partial charge is 0.435 e. The van der Waals surface area contributed by atoms with E-state index in [0.29, 0.717) is 18.5 Å². The minimum Gasteiger partial charge on any atom is -0.312 e. The molecule has 0 spiro atoms. The lowest BCUT2D eigenvalue weighted by atomic mass is 10.1. The maximum Gasteiger partial charge on any atom is 0.435 e. The fourth-order valence-corrected chi connectivity index (χ4v) is 2.03. The second-order valence-corrected chi connectivity index (χ2v) is 4.24. The van der Waals surface area contributed by atoms with E-state index < -0.39 is 11.9 Å². The van der Waals surface area contributed by atoms with Gasteiger partial charge in [0.15, 0.2) is 5.69 Å². The van der Waals surface area contributed by atoms with Crippen LogP contribution in [0.4, 0.5) is 13.2 Å². The van der Waals surface area contributed by atoms with Crippen LogP contribution in [0.5, 0.6) is 0 Å². The maximum atomic E-state index is 12.7. The number of nitrogens with one attached hydrogen (secondary N) is 1. The number of halogens is 3. The number of fused-ring (bicyclic) bond motifs is 1. The molecule has 3 nitrogen and oxygen atoms in total. The molecule has 0 amide bonds. The predicted octanol–water partition coefficient (Wildman–Crippen LogP) is 2.13. The van der Waals surface area contributed by atoms with Crippen LogP contribution >= 0.6 is 0 Å². The van der Waals surface area contributed by atoms with Crippen molar-refractivity contribution in [2.45, 2.75) is 39.0 Å². The molecule has 1 aromatic heterocycles. The van der Waals surface area contributed by atoms with Crippen molar-refractivity contribution >= 4 is 0 Å². The molecule has 0 unspecified atom stereocenters. The van der Waals surface area contributed by atoms with Crippen molar-refractivity contribution in [2.75, 3.05) is 6.54 Å². The van der Waals surface area contributed by atoms with Gasteiger partial charge in [0.25, 0.3) is 0 Å². The molecule has 1 aliphatic rings. The van der Waals surface area contributed by atoms with Crippen molar-refractivity contribution in [1.29, 1.82) is 0 Å². The molecule has 0 bridgehead atoms. The van der Waals surface area contributed by atoms with Crippen molar-refractivity contribution < 1.29 is 13.2 Å². The van der Waals surface area contributed by atoms with Gasteiger partial charge in [0.1, 0.15) is 0 Å². The summed E-state index contributed by atoms with van der Waals surface area (Å²) in [6.07, 6.45) is -3.75. The van der Waals surface area contributed by atoms with Crippen LogP contribution in [-0.2, 0) is 19.1 Å². The van der Waals surface area contributed by atoms with Gasteiger partial charge in [-0.15, -0.1) is 0 Å². The van der Waals surface area contributed by atoms with Gasteiger partial charge in [-0.25, -0.2) is 0 Å². The molecular formula is C10H14F3N3. The summed E-state index contributed by atoms with van der Waals surface area (Å²) >= 11 is 0. The molecule has 0 aromatic carbocycles. The molecule has 6 heteroatoms. The van der Waals surface area contributed by atoms with E-state index in [1.54, 1.807) is 0 Å². The highest BCUT2D eigenvalue weighted by atomic mass is 19.4. The Kier molecular flexibility index (Phi) is 2.69. The van der Waals surface area contributed by atoms with Gasteiger partial charge in [-0.05, 0) is 13.8 Å². The summed E-state index contributed by atoms with van der Waals surface area (Å²) in [6, 6.07) is -0.0389. The Hall–Kier alpha value is -1.04. The van der Waals surface area contributed by atoms with Gasteiger partial charge in [0.05, 0.1) is 0 Å². The Labute approximate surface area is 91.6 Å². The van der Waals surface area contributed by atoms with E-state index in [0.717, 1.165) is 5.69 Å². The van der Waals surface area contributed by atoms with Crippen LogP contribution in [0, 0.1) is 0 Å². The summed E-state index contributed by atoms with van der Waals surface area (Å²) in [5.41, 5.74) is 0.303. The lowest BCUT2D eigenvalue weighted by molar-refractivity contribution is -0.142. The summed E-state index contributed by atoms with van der Waals surface area (Å²) in [5.74, 6) is 0. The van der Waals surface area contributed by atoms with Crippen molar-refractivity contribution in [3.05, 3.63) is 17.0 Å². The van der Waals surface area contributed by atoms with Crippen LogP contribution in [0.15, 0.2) is 0 Å². The zero-order chi connectivity index (χ0) is 11.9. The highest BCUT2D eigenvalue weighted by molar-refractivity contribution is 5.30. The standard InChI is InChI=1S/C10H14F3N3/c1-6(2)16-8-3-4-14-5-7(8)9(15-16)10(11,12)13/h6,14H,3-5H2,1-2H3. The Morgan fingerprint density at radius 2 is 2.06 bits per heavy atom. The van der Waals surface area contributed by atoms with Crippen LogP contribution in [0.1, 0.15) is 36.8 Å². The summed E-state index contributed by atoms with van der Waals surface area (Å²) in [7, 11) is 0. The number of aromatic nitrogens is 2. The topological polar surface area (TPSA) is 29.9 Å². The summed E-state index contributed by atoms with van der Waals surface area (Å²) in [5, 5.41) is 6.67. The fraction of sp³-hybridized carbons (Fsp3) is 0.700. The third kappa shape index (κ3) is 1.81. The SMILES string of the molecule is CC(C)n1nc(C(F)(F)F)c2c1CCNC2. The Morgan fingerprint density at radius 3 is 2.62 bits per heavy atom. The van der Waals surface area contributed by atoms with Gasteiger partial charge >= 0.3 is 6.18 Å². The minimum absolute atomic E-state index is 0.0389. The quantitative estimate of drug-likeness (QED) is 0.805. The molecule has 90 valence electrons. The molecule has 1 N–H and O–H groups in total. The second kappa shape index (κ2) is 3.76. The number of alkyl halides is 3. The lowest BCUT2D eigenvalue weighted by Crippen LogP contribution is -2.26. The van der Waals surface area contributed by atoms with Gasteiger partial charge in [-0.2, -0.15) is 18.3 Å². The zero-order valence-corrected chi connectivity index (χ0v) is 9.23. The molecule has 0 saturated carbocycles. The molecule has 0 radical (unpaired) electrons. The van der Waals surface area contributed by atoms with Crippen molar-refractivity contribution in [3.8, 4) is 0 Å². The summed E-state index contributed by atoms with van der Waals surface area (Å²) in [6.45, 7) is 4.66. The van der Waals surface area contributed by atoms with Gasteiger partial charge < -0.3 is 5.32 Å². The first kappa shape index (κ1) is 11.4. The van der Waals surface area contributed by atoms with E-state index in [4.69, 9.17) is 0 Å². The number of hydrogen-bond acceptors (Lipinski definition) is 2. The van der Waals surface area contributed by atoms with E-state index in [9.17, 15) is 13.2 Å². The minimum atomic E-state index is -4.36. The fourth-order valence-electron chi connectivity index (χ4n) is 2.03. The normalized spacial score (nSPS) is 16.6. The number of hydrogen-bond donors (Lipinski definition) is 1. The second-order valence-electron chi connectivity index (χ2n) is 4.24. The highest BCUT2D eigenvalue weighted by Crippen LogP contribution is 2.34. The van der Waals surface area contributed by atoms with Gasteiger partial charge in [0.2, 0.25) is 0 Å². The first-order chi connectivity index (χ1) is 7.41. The molecule has 0 aliphatic carbocycles. The number of rotatable bonds is 1. The van der Waals surface area contributed by atoms with E-state index in [-0.39, 0.29) is 12.6 Å². The van der Waals surface area contributed by atoms with E-state index in [1.807, 2.05) is 13.8 Å². The molecule has 1 aliphatic heterocycles. The molecule has 2 rings (SSSR count). The molecule has 0 saturated heterocycles. The first-order valence-electron chi connectivity index (χ1n) is 5.29. The van der Waals surface area contributed by atoms with Crippen LogP contribution in [0.3, 0.4) is 0 Å². The predicted molar refractivity (Wildman–Crippen MR) is 53.0 cm³/mol. The molecule has 16 heavy (non-hydrogen) atoms. The number of nitrogens with zero attached hydrogens (tertiary/aromatic N) is 2. The van der Waals surface area contributed by atoms with Crippen LogP contribution < -0.4 is 5.32 Å². The van der Waals surface area contributed by atoms with Gasteiger partial charge in [-0.3, -0.25) is 4.68 Å². The zero-order valence-electron chi connectivity index (χ0n) is 9.23.